The minimum absolute atomic E-state index is 0.301. The molecular formula is C11H15NO3. The first-order chi connectivity index (χ1) is 7.22. The smallest absolute Gasteiger partial charge is 0.341 e. The second-order valence-corrected chi connectivity index (χ2v) is 3.11. The highest BCUT2D eigenvalue weighted by Gasteiger charge is 1.99. The maximum absolute atomic E-state index is 10.3. The van der Waals surface area contributed by atoms with Crippen LogP contribution in [0.2, 0.25) is 0 Å². The Balaban J connectivity index is 2.53. The Kier molecular flexibility index (Phi) is 4.63. The van der Waals surface area contributed by atoms with Crippen LogP contribution < -0.4 is 10.1 Å². The van der Waals surface area contributed by atoms with Gasteiger partial charge in [0.05, 0.1) is 0 Å². The van der Waals surface area contributed by atoms with E-state index in [1.54, 1.807) is 6.07 Å². The molecule has 0 amide bonds. The highest BCUT2D eigenvalue weighted by atomic mass is 16.5. The second kappa shape index (κ2) is 6.03. The SMILES string of the molecule is CCNCc1cccc(OCC(=O)O)c1. The number of ether oxygens (including phenoxy) is 1. The van der Waals surface area contributed by atoms with E-state index >= 15 is 0 Å². The number of carbonyl (C=O) groups is 1. The summed E-state index contributed by atoms with van der Waals surface area (Å²) >= 11 is 0. The van der Waals surface area contributed by atoms with E-state index in [1.165, 1.54) is 0 Å². The molecule has 1 aromatic carbocycles. The molecule has 15 heavy (non-hydrogen) atoms. The number of nitrogens with one attached hydrogen (secondary N) is 1. The van der Waals surface area contributed by atoms with E-state index in [1.807, 2.05) is 25.1 Å². The Hall–Kier alpha value is -1.55. The molecule has 2 N–H and O–H groups in total. The first kappa shape index (κ1) is 11.5. The van der Waals surface area contributed by atoms with Gasteiger partial charge in [0.1, 0.15) is 5.75 Å². The molecule has 0 saturated carbocycles. The van der Waals surface area contributed by atoms with Gasteiger partial charge in [-0.3, -0.25) is 0 Å². The average Bonchev–Trinajstić information content (AvgIpc) is 2.24. The largest absolute Gasteiger partial charge is 0.482 e. The maximum atomic E-state index is 10.3. The minimum atomic E-state index is -0.966. The molecule has 1 aromatic rings. The third-order valence-corrected chi connectivity index (χ3v) is 1.84. The summed E-state index contributed by atoms with van der Waals surface area (Å²) in [6, 6.07) is 7.41. The predicted molar refractivity (Wildman–Crippen MR) is 57.0 cm³/mol. The molecule has 4 heteroatoms. The Morgan fingerprint density at radius 1 is 1.53 bits per heavy atom. The van der Waals surface area contributed by atoms with Crippen molar-refractivity contribution in [3.8, 4) is 5.75 Å². The van der Waals surface area contributed by atoms with Crippen molar-refractivity contribution in [1.29, 1.82) is 0 Å². The molecule has 1 rings (SSSR count). The third-order valence-electron chi connectivity index (χ3n) is 1.84. The van der Waals surface area contributed by atoms with Crippen molar-refractivity contribution < 1.29 is 14.6 Å². The van der Waals surface area contributed by atoms with Crippen LogP contribution in [0.4, 0.5) is 0 Å². The summed E-state index contributed by atoms with van der Waals surface area (Å²) < 4.78 is 5.06. The standard InChI is InChI=1S/C11H15NO3/c1-2-12-7-9-4-3-5-10(6-9)15-8-11(13)14/h3-6,12H,2,7-8H2,1H3,(H,13,14). The lowest BCUT2D eigenvalue weighted by Gasteiger charge is -2.06. The maximum Gasteiger partial charge on any atom is 0.341 e. The van der Waals surface area contributed by atoms with Crippen LogP contribution >= 0.6 is 0 Å². The third kappa shape index (κ3) is 4.46. The predicted octanol–water partition coefficient (Wildman–Crippen LogP) is 1.26. The van der Waals surface area contributed by atoms with Crippen LogP contribution in [0.5, 0.6) is 5.75 Å². The quantitative estimate of drug-likeness (QED) is 0.740. The van der Waals surface area contributed by atoms with Crippen LogP contribution in [0.1, 0.15) is 12.5 Å². The zero-order valence-electron chi connectivity index (χ0n) is 8.69. The van der Waals surface area contributed by atoms with Gasteiger partial charge >= 0.3 is 5.97 Å². The van der Waals surface area contributed by atoms with Crippen LogP contribution in [0, 0.1) is 0 Å². The molecule has 82 valence electrons. The number of hydrogen-bond acceptors (Lipinski definition) is 3. The normalized spacial score (nSPS) is 9.93. The van der Waals surface area contributed by atoms with Crippen LogP contribution in [-0.4, -0.2) is 24.2 Å². The van der Waals surface area contributed by atoms with Crippen molar-refractivity contribution in [3.63, 3.8) is 0 Å². The summed E-state index contributed by atoms with van der Waals surface area (Å²) in [5.74, 6) is -0.375. The van der Waals surface area contributed by atoms with Gasteiger partial charge in [-0.25, -0.2) is 4.79 Å². The van der Waals surface area contributed by atoms with Gasteiger partial charge in [-0.05, 0) is 24.2 Å². The summed E-state index contributed by atoms with van der Waals surface area (Å²) in [5, 5.41) is 11.6. The van der Waals surface area contributed by atoms with Crippen molar-refractivity contribution in [2.45, 2.75) is 13.5 Å². The lowest BCUT2D eigenvalue weighted by atomic mass is 10.2. The van der Waals surface area contributed by atoms with E-state index in [2.05, 4.69) is 5.32 Å². The van der Waals surface area contributed by atoms with E-state index in [9.17, 15) is 4.79 Å². The molecule has 0 aromatic heterocycles. The fourth-order valence-electron chi connectivity index (χ4n) is 1.16. The van der Waals surface area contributed by atoms with Gasteiger partial charge in [0.25, 0.3) is 0 Å². The lowest BCUT2D eigenvalue weighted by Crippen LogP contribution is -2.12. The van der Waals surface area contributed by atoms with E-state index < -0.39 is 5.97 Å². The summed E-state index contributed by atoms with van der Waals surface area (Å²) in [6.07, 6.45) is 0. The van der Waals surface area contributed by atoms with Crippen molar-refractivity contribution in [2.75, 3.05) is 13.2 Å². The van der Waals surface area contributed by atoms with Gasteiger partial charge in [-0.1, -0.05) is 19.1 Å². The Morgan fingerprint density at radius 2 is 2.33 bits per heavy atom. The monoisotopic (exact) mass is 209 g/mol. The topological polar surface area (TPSA) is 58.6 Å². The zero-order valence-corrected chi connectivity index (χ0v) is 8.69. The number of aliphatic carboxylic acids is 1. The van der Waals surface area contributed by atoms with Crippen LogP contribution in [0.15, 0.2) is 24.3 Å². The van der Waals surface area contributed by atoms with Crippen LogP contribution in [0.25, 0.3) is 0 Å². The Bertz CT molecular complexity index is 325. The van der Waals surface area contributed by atoms with Gasteiger partial charge in [-0.15, -0.1) is 0 Å². The molecule has 0 unspecified atom stereocenters. The molecule has 0 spiro atoms. The van der Waals surface area contributed by atoms with E-state index in [0.717, 1.165) is 18.7 Å². The average molecular weight is 209 g/mol. The summed E-state index contributed by atoms with van der Waals surface area (Å²) in [4.78, 5) is 10.3. The summed E-state index contributed by atoms with van der Waals surface area (Å²) in [6.45, 7) is 3.40. The number of carboxylic acid groups (broad SMARTS) is 1. The van der Waals surface area contributed by atoms with Gasteiger partial charge in [0, 0.05) is 6.54 Å². The van der Waals surface area contributed by atoms with E-state index in [4.69, 9.17) is 9.84 Å². The first-order valence-corrected chi connectivity index (χ1v) is 4.86. The van der Waals surface area contributed by atoms with Crippen molar-refractivity contribution in [3.05, 3.63) is 29.8 Å². The Morgan fingerprint density at radius 3 is 3.00 bits per heavy atom. The van der Waals surface area contributed by atoms with Gasteiger partial charge in [0.2, 0.25) is 0 Å². The van der Waals surface area contributed by atoms with Gasteiger partial charge < -0.3 is 15.2 Å². The molecule has 4 nitrogen and oxygen atoms in total. The molecule has 0 bridgehead atoms. The van der Waals surface area contributed by atoms with Gasteiger partial charge in [0.15, 0.2) is 6.61 Å². The number of carboxylic acids is 1. The van der Waals surface area contributed by atoms with Crippen LogP contribution in [0.3, 0.4) is 0 Å². The summed E-state index contributed by atoms with van der Waals surface area (Å²) in [7, 11) is 0. The fraction of sp³-hybridized carbons (Fsp3) is 0.364. The molecule has 0 aliphatic heterocycles. The van der Waals surface area contributed by atoms with E-state index in [0.29, 0.717) is 5.75 Å². The molecule has 0 saturated heterocycles. The molecular weight excluding hydrogens is 194 g/mol. The highest BCUT2D eigenvalue weighted by molar-refractivity contribution is 5.68. The molecule has 0 radical (unpaired) electrons. The molecule has 0 aliphatic rings. The highest BCUT2D eigenvalue weighted by Crippen LogP contribution is 2.12. The summed E-state index contributed by atoms with van der Waals surface area (Å²) in [5.41, 5.74) is 1.08. The molecule has 0 aliphatic carbocycles. The van der Waals surface area contributed by atoms with Crippen molar-refractivity contribution >= 4 is 5.97 Å². The second-order valence-electron chi connectivity index (χ2n) is 3.11. The number of benzene rings is 1. The molecule has 0 atom stereocenters. The van der Waals surface area contributed by atoms with E-state index in [-0.39, 0.29) is 6.61 Å². The molecule has 0 fully saturated rings. The van der Waals surface area contributed by atoms with Crippen molar-refractivity contribution in [2.24, 2.45) is 0 Å². The van der Waals surface area contributed by atoms with Gasteiger partial charge in [-0.2, -0.15) is 0 Å². The number of rotatable bonds is 6. The minimum Gasteiger partial charge on any atom is -0.482 e. The number of hydrogen-bond donors (Lipinski definition) is 2. The lowest BCUT2D eigenvalue weighted by molar-refractivity contribution is -0.139. The van der Waals surface area contributed by atoms with Crippen molar-refractivity contribution in [1.82, 2.24) is 5.32 Å². The fourth-order valence-corrected chi connectivity index (χ4v) is 1.16. The Labute approximate surface area is 88.9 Å². The first-order valence-electron chi connectivity index (χ1n) is 4.86. The molecule has 0 heterocycles. The zero-order chi connectivity index (χ0) is 11.1. The van der Waals surface area contributed by atoms with Crippen LogP contribution in [-0.2, 0) is 11.3 Å².